The van der Waals surface area contributed by atoms with Crippen LogP contribution in [0.1, 0.15) is 22.3 Å². The van der Waals surface area contributed by atoms with Crippen molar-refractivity contribution in [2.24, 2.45) is 0 Å². The van der Waals surface area contributed by atoms with Crippen LogP contribution in [0.4, 0.5) is 18.9 Å². The third kappa shape index (κ3) is 3.86. The molecule has 0 bridgehead atoms. The number of methoxy groups -OCH3 is 1. The first-order chi connectivity index (χ1) is 9.29. The largest absolute Gasteiger partial charge is 0.418 e. The lowest BCUT2D eigenvalue weighted by atomic mass is 10.1. The van der Waals surface area contributed by atoms with Crippen molar-refractivity contribution in [1.29, 1.82) is 0 Å². The van der Waals surface area contributed by atoms with Crippen LogP contribution in [0.15, 0.2) is 18.2 Å². The maximum atomic E-state index is 12.7. The highest BCUT2D eigenvalue weighted by Gasteiger charge is 2.34. The smallest absolute Gasteiger partial charge is 0.398 e. The average Bonchev–Trinajstić information content (AvgIpc) is 2.37. The molecule has 1 rings (SSSR count). The van der Waals surface area contributed by atoms with E-state index in [1.807, 2.05) is 0 Å². The molecule has 7 heteroatoms. The highest BCUT2D eigenvalue weighted by Crippen LogP contribution is 2.35. The first kappa shape index (κ1) is 16.3. The zero-order valence-electron chi connectivity index (χ0n) is 11.3. The Morgan fingerprint density at radius 3 is 2.60 bits per heavy atom. The van der Waals surface area contributed by atoms with Gasteiger partial charge in [-0.25, -0.2) is 0 Å². The molecule has 0 aliphatic heterocycles. The summed E-state index contributed by atoms with van der Waals surface area (Å²) in [6.07, 6.45) is -3.98. The van der Waals surface area contributed by atoms with Gasteiger partial charge >= 0.3 is 6.18 Å². The Kier molecular flexibility index (Phi) is 5.38. The third-order valence-electron chi connectivity index (χ3n) is 2.83. The zero-order valence-corrected chi connectivity index (χ0v) is 11.3. The summed E-state index contributed by atoms with van der Waals surface area (Å²) in [4.78, 5) is 13.4. The number of carbonyl (C=O) groups is 1. The van der Waals surface area contributed by atoms with E-state index in [-0.39, 0.29) is 5.56 Å². The molecule has 0 spiro atoms. The van der Waals surface area contributed by atoms with Gasteiger partial charge in [-0.05, 0) is 18.6 Å². The van der Waals surface area contributed by atoms with Gasteiger partial charge in [-0.1, -0.05) is 6.07 Å². The van der Waals surface area contributed by atoms with E-state index in [4.69, 9.17) is 10.5 Å². The number of halogens is 3. The van der Waals surface area contributed by atoms with Gasteiger partial charge in [-0.3, -0.25) is 4.79 Å². The van der Waals surface area contributed by atoms with E-state index in [0.29, 0.717) is 19.6 Å². The first-order valence-electron chi connectivity index (χ1n) is 5.99. The fourth-order valence-electron chi connectivity index (χ4n) is 1.75. The van der Waals surface area contributed by atoms with E-state index in [2.05, 4.69) is 0 Å². The van der Waals surface area contributed by atoms with Gasteiger partial charge in [0.15, 0.2) is 0 Å². The summed E-state index contributed by atoms with van der Waals surface area (Å²) in [5.74, 6) is -0.537. The first-order valence-corrected chi connectivity index (χ1v) is 5.99. The van der Waals surface area contributed by atoms with Gasteiger partial charge in [-0.2, -0.15) is 13.2 Å². The molecule has 2 N–H and O–H groups in total. The molecule has 0 radical (unpaired) electrons. The minimum Gasteiger partial charge on any atom is -0.398 e. The number of benzene rings is 1. The number of nitrogen functional groups attached to an aromatic ring is 1. The molecular formula is C13H17F3N2O2. The predicted molar refractivity (Wildman–Crippen MR) is 69.3 cm³/mol. The summed E-state index contributed by atoms with van der Waals surface area (Å²) < 4.78 is 43.0. The second-order valence-corrected chi connectivity index (χ2v) is 4.34. The Labute approximate surface area is 115 Å². The van der Waals surface area contributed by atoms with Gasteiger partial charge in [0.05, 0.1) is 16.8 Å². The van der Waals surface area contributed by atoms with Crippen LogP contribution in [-0.4, -0.2) is 38.1 Å². The number of nitrogens with zero attached hydrogens (tertiary/aromatic N) is 1. The topological polar surface area (TPSA) is 55.6 Å². The molecule has 0 atom stereocenters. The number of nitrogens with two attached hydrogens (primary N) is 1. The van der Waals surface area contributed by atoms with Crippen LogP contribution < -0.4 is 5.73 Å². The molecule has 1 aromatic carbocycles. The van der Waals surface area contributed by atoms with Gasteiger partial charge in [0.1, 0.15) is 0 Å². The predicted octanol–water partition coefficient (Wildman–Crippen LogP) is 2.40. The molecule has 0 saturated heterocycles. The van der Waals surface area contributed by atoms with E-state index in [0.717, 1.165) is 6.07 Å². The summed E-state index contributed by atoms with van der Waals surface area (Å²) in [5.41, 5.74) is 3.80. The van der Waals surface area contributed by atoms with E-state index in [1.165, 1.54) is 31.2 Å². The number of ether oxygens (including phenoxy) is 1. The standard InChI is InChI=1S/C13H17F3N2O2/c1-18(7-4-8-20-2)12(19)9-5-3-6-10(11(9)17)13(14,15)16/h3,5-6H,4,7-8,17H2,1-2H3. The van der Waals surface area contributed by atoms with Gasteiger partial charge in [0, 0.05) is 27.3 Å². The highest BCUT2D eigenvalue weighted by molar-refractivity contribution is 5.99. The number of para-hydroxylation sites is 1. The van der Waals surface area contributed by atoms with Crippen molar-refractivity contribution in [3.8, 4) is 0 Å². The summed E-state index contributed by atoms with van der Waals surface area (Å²) in [6.45, 7) is 0.845. The maximum absolute atomic E-state index is 12.7. The molecule has 20 heavy (non-hydrogen) atoms. The Balaban J connectivity index is 2.94. The minimum atomic E-state index is -4.57. The SMILES string of the molecule is COCCCN(C)C(=O)c1cccc(C(F)(F)F)c1N. The Hall–Kier alpha value is -1.76. The maximum Gasteiger partial charge on any atom is 0.418 e. The molecular weight excluding hydrogens is 273 g/mol. The van der Waals surface area contributed by atoms with Crippen molar-refractivity contribution in [1.82, 2.24) is 4.90 Å². The van der Waals surface area contributed by atoms with Gasteiger partial charge < -0.3 is 15.4 Å². The number of hydrogen-bond acceptors (Lipinski definition) is 3. The summed E-state index contributed by atoms with van der Waals surface area (Å²) >= 11 is 0. The van der Waals surface area contributed by atoms with E-state index in [1.54, 1.807) is 0 Å². The highest BCUT2D eigenvalue weighted by atomic mass is 19.4. The molecule has 0 aliphatic rings. The molecule has 112 valence electrons. The third-order valence-corrected chi connectivity index (χ3v) is 2.83. The Morgan fingerprint density at radius 1 is 1.40 bits per heavy atom. The van der Waals surface area contributed by atoms with Crippen molar-refractivity contribution in [3.63, 3.8) is 0 Å². The number of amides is 1. The molecule has 1 aromatic rings. The van der Waals surface area contributed by atoms with Crippen LogP contribution in [-0.2, 0) is 10.9 Å². The normalized spacial score (nSPS) is 11.4. The van der Waals surface area contributed by atoms with Crippen molar-refractivity contribution in [2.75, 3.05) is 33.0 Å². The average molecular weight is 290 g/mol. The lowest BCUT2D eigenvalue weighted by molar-refractivity contribution is -0.136. The van der Waals surface area contributed by atoms with Crippen molar-refractivity contribution in [3.05, 3.63) is 29.3 Å². The number of rotatable bonds is 5. The molecule has 0 fully saturated rings. The Morgan fingerprint density at radius 2 is 2.05 bits per heavy atom. The van der Waals surface area contributed by atoms with Crippen LogP contribution in [0.25, 0.3) is 0 Å². The summed E-state index contributed by atoms with van der Waals surface area (Å²) in [6, 6.07) is 3.33. The van der Waals surface area contributed by atoms with Gasteiger partial charge in [-0.15, -0.1) is 0 Å². The van der Waals surface area contributed by atoms with Crippen LogP contribution in [0, 0.1) is 0 Å². The molecule has 1 amide bonds. The van der Waals surface area contributed by atoms with Crippen molar-refractivity contribution < 1.29 is 22.7 Å². The van der Waals surface area contributed by atoms with Crippen molar-refractivity contribution in [2.45, 2.75) is 12.6 Å². The molecule has 0 aromatic heterocycles. The molecule has 4 nitrogen and oxygen atoms in total. The van der Waals surface area contributed by atoms with Crippen LogP contribution in [0.2, 0.25) is 0 Å². The zero-order chi connectivity index (χ0) is 15.3. The molecule has 0 heterocycles. The summed E-state index contributed by atoms with van der Waals surface area (Å²) in [5, 5.41) is 0. The number of carbonyl (C=O) groups excluding carboxylic acids is 1. The number of hydrogen-bond donors (Lipinski definition) is 1. The summed E-state index contributed by atoms with van der Waals surface area (Å²) in [7, 11) is 3.05. The van der Waals surface area contributed by atoms with Crippen LogP contribution in [0.5, 0.6) is 0 Å². The second kappa shape index (κ2) is 6.60. The van der Waals surface area contributed by atoms with Crippen LogP contribution >= 0.6 is 0 Å². The van der Waals surface area contributed by atoms with Crippen LogP contribution in [0.3, 0.4) is 0 Å². The fourth-order valence-corrected chi connectivity index (χ4v) is 1.75. The quantitative estimate of drug-likeness (QED) is 0.669. The molecule has 0 aliphatic carbocycles. The molecule has 0 unspecified atom stereocenters. The van der Waals surface area contributed by atoms with Gasteiger partial charge in [0.2, 0.25) is 0 Å². The van der Waals surface area contributed by atoms with Crippen molar-refractivity contribution >= 4 is 11.6 Å². The lowest BCUT2D eigenvalue weighted by Gasteiger charge is -2.19. The Bertz CT molecular complexity index is 475. The fraction of sp³-hybridized carbons (Fsp3) is 0.462. The number of anilines is 1. The molecule has 0 saturated carbocycles. The number of alkyl halides is 3. The second-order valence-electron chi connectivity index (χ2n) is 4.34. The monoisotopic (exact) mass is 290 g/mol. The minimum absolute atomic E-state index is 0.139. The van der Waals surface area contributed by atoms with E-state index >= 15 is 0 Å². The van der Waals surface area contributed by atoms with E-state index in [9.17, 15) is 18.0 Å². The van der Waals surface area contributed by atoms with E-state index < -0.39 is 23.3 Å². The van der Waals surface area contributed by atoms with Gasteiger partial charge in [0.25, 0.3) is 5.91 Å². The lowest BCUT2D eigenvalue weighted by Crippen LogP contribution is -2.29.